The molecule has 0 saturated carbocycles. The number of hydrogen-bond acceptors (Lipinski definition) is 2. The predicted octanol–water partition coefficient (Wildman–Crippen LogP) is 1.65. The van der Waals surface area contributed by atoms with Crippen LogP contribution in [0.3, 0.4) is 0 Å². The zero-order valence-electron chi connectivity index (χ0n) is 9.53. The summed E-state index contributed by atoms with van der Waals surface area (Å²) in [6, 6.07) is 2.03. The summed E-state index contributed by atoms with van der Waals surface area (Å²) in [6.07, 6.45) is 7.79. The number of terminal acetylenes is 1. The van der Waals surface area contributed by atoms with Crippen LogP contribution in [0.5, 0.6) is 0 Å². The molecule has 0 unspecified atom stereocenters. The van der Waals surface area contributed by atoms with Crippen LogP contribution in [0.25, 0.3) is 0 Å². The second kappa shape index (κ2) is 6.26. The number of nitrogens with zero attached hydrogens (tertiary/aromatic N) is 2. The Labute approximate surface area is 91.9 Å². The molecule has 0 aromatic carbocycles. The molecule has 0 aliphatic rings. The van der Waals surface area contributed by atoms with Crippen LogP contribution in [0.4, 0.5) is 0 Å². The topological polar surface area (TPSA) is 29.9 Å². The van der Waals surface area contributed by atoms with Crippen LogP contribution in [0.15, 0.2) is 12.3 Å². The molecule has 82 valence electrons. The van der Waals surface area contributed by atoms with Gasteiger partial charge in [-0.05, 0) is 18.5 Å². The van der Waals surface area contributed by atoms with Gasteiger partial charge in [0.25, 0.3) is 0 Å². The first-order chi connectivity index (χ1) is 7.24. The van der Waals surface area contributed by atoms with E-state index in [0.29, 0.717) is 5.92 Å². The number of aryl methyl sites for hydroxylation is 1. The van der Waals surface area contributed by atoms with E-state index in [0.717, 1.165) is 26.1 Å². The summed E-state index contributed by atoms with van der Waals surface area (Å²) in [5.41, 5.74) is 1.20. The van der Waals surface area contributed by atoms with Crippen molar-refractivity contribution in [2.24, 2.45) is 5.92 Å². The van der Waals surface area contributed by atoms with Crippen LogP contribution in [-0.2, 0) is 13.1 Å². The van der Waals surface area contributed by atoms with Crippen LogP contribution < -0.4 is 5.32 Å². The molecule has 0 aliphatic heterocycles. The molecule has 0 bridgehead atoms. The van der Waals surface area contributed by atoms with Crippen molar-refractivity contribution in [1.82, 2.24) is 15.1 Å². The van der Waals surface area contributed by atoms with Gasteiger partial charge in [-0.1, -0.05) is 13.8 Å². The van der Waals surface area contributed by atoms with Gasteiger partial charge in [-0.2, -0.15) is 5.10 Å². The second-order valence-electron chi connectivity index (χ2n) is 4.02. The van der Waals surface area contributed by atoms with E-state index in [-0.39, 0.29) is 0 Å². The highest BCUT2D eigenvalue weighted by atomic mass is 15.3. The van der Waals surface area contributed by atoms with E-state index in [9.17, 15) is 0 Å². The number of hydrogen-bond donors (Lipinski definition) is 1. The molecule has 1 N–H and O–H groups in total. The van der Waals surface area contributed by atoms with Gasteiger partial charge in [0.15, 0.2) is 0 Å². The van der Waals surface area contributed by atoms with Crippen molar-refractivity contribution in [3.8, 4) is 12.3 Å². The van der Waals surface area contributed by atoms with Gasteiger partial charge in [0.1, 0.15) is 0 Å². The summed E-state index contributed by atoms with van der Waals surface area (Å²) in [5, 5.41) is 7.62. The standard InChI is InChI=1S/C12H19N3/c1-4-5-8-15-12(6-7-14-15)10-13-9-11(2)3/h1,6-7,11,13H,5,8-10H2,2-3H3. The minimum atomic E-state index is 0.673. The zero-order chi connectivity index (χ0) is 11.1. The average molecular weight is 205 g/mol. The molecular formula is C12H19N3. The van der Waals surface area contributed by atoms with Crippen LogP contribution in [-0.4, -0.2) is 16.3 Å². The van der Waals surface area contributed by atoms with Crippen molar-refractivity contribution >= 4 is 0 Å². The van der Waals surface area contributed by atoms with Crippen LogP contribution in [0, 0.1) is 18.3 Å². The lowest BCUT2D eigenvalue weighted by Gasteiger charge is -2.09. The summed E-state index contributed by atoms with van der Waals surface area (Å²) >= 11 is 0. The van der Waals surface area contributed by atoms with E-state index >= 15 is 0 Å². The Bertz CT molecular complexity index is 320. The highest BCUT2D eigenvalue weighted by molar-refractivity contribution is 5.00. The molecule has 1 heterocycles. The van der Waals surface area contributed by atoms with Gasteiger partial charge in [0, 0.05) is 19.2 Å². The largest absolute Gasteiger partial charge is 0.311 e. The highest BCUT2D eigenvalue weighted by Gasteiger charge is 2.01. The molecule has 1 aromatic heterocycles. The molecule has 1 aromatic rings. The van der Waals surface area contributed by atoms with Gasteiger partial charge in [-0.3, -0.25) is 4.68 Å². The molecule has 0 atom stereocenters. The molecule has 3 nitrogen and oxygen atoms in total. The maximum Gasteiger partial charge on any atom is 0.0522 e. The summed E-state index contributed by atoms with van der Waals surface area (Å²) in [7, 11) is 0. The molecule has 0 fully saturated rings. The summed E-state index contributed by atoms with van der Waals surface area (Å²) < 4.78 is 1.97. The van der Waals surface area contributed by atoms with Crippen molar-refractivity contribution < 1.29 is 0 Å². The highest BCUT2D eigenvalue weighted by Crippen LogP contribution is 2.00. The van der Waals surface area contributed by atoms with Crippen molar-refractivity contribution in [1.29, 1.82) is 0 Å². The van der Waals surface area contributed by atoms with E-state index in [4.69, 9.17) is 6.42 Å². The van der Waals surface area contributed by atoms with Crippen molar-refractivity contribution in [2.75, 3.05) is 6.54 Å². The third-order valence-corrected chi connectivity index (χ3v) is 2.13. The minimum Gasteiger partial charge on any atom is -0.311 e. The quantitative estimate of drug-likeness (QED) is 0.716. The molecule has 0 amide bonds. The van der Waals surface area contributed by atoms with E-state index in [2.05, 4.69) is 30.2 Å². The fraction of sp³-hybridized carbons (Fsp3) is 0.583. The van der Waals surface area contributed by atoms with E-state index in [1.807, 2.05) is 16.9 Å². The number of rotatable bonds is 6. The van der Waals surface area contributed by atoms with Crippen LogP contribution in [0.2, 0.25) is 0 Å². The van der Waals surface area contributed by atoms with Crippen molar-refractivity contribution in [3.63, 3.8) is 0 Å². The first-order valence-electron chi connectivity index (χ1n) is 5.39. The fourth-order valence-corrected chi connectivity index (χ4v) is 1.37. The molecule has 0 saturated heterocycles. The van der Waals surface area contributed by atoms with Crippen molar-refractivity contribution in [3.05, 3.63) is 18.0 Å². The maximum atomic E-state index is 5.23. The van der Waals surface area contributed by atoms with Gasteiger partial charge < -0.3 is 5.32 Å². The lowest BCUT2D eigenvalue weighted by molar-refractivity contribution is 0.520. The third-order valence-electron chi connectivity index (χ3n) is 2.13. The SMILES string of the molecule is C#CCCn1nccc1CNCC(C)C. The zero-order valence-corrected chi connectivity index (χ0v) is 9.53. The Morgan fingerprint density at radius 1 is 1.60 bits per heavy atom. The van der Waals surface area contributed by atoms with E-state index < -0.39 is 0 Å². The smallest absolute Gasteiger partial charge is 0.0522 e. The van der Waals surface area contributed by atoms with Gasteiger partial charge in [0.05, 0.1) is 12.2 Å². The molecule has 15 heavy (non-hydrogen) atoms. The third kappa shape index (κ3) is 4.18. The normalized spacial score (nSPS) is 10.5. The average Bonchev–Trinajstić information content (AvgIpc) is 2.62. The first kappa shape index (κ1) is 11.8. The second-order valence-corrected chi connectivity index (χ2v) is 4.02. The predicted molar refractivity (Wildman–Crippen MR) is 62.2 cm³/mol. The van der Waals surface area contributed by atoms with Crippen molar-refractivity contribution in [2.45, 2.75) is 33.4 Å². The van der Waals surface area contributed by atoms with Crippen LogP contribution >= 0.6 is 0 Å². The number of aromatic nitrogens is 2. The lowest BCUT2D eigenvalue weighted by Crippen LogP contribution is -2.21. The summed E-state index contributed by atoms with van der Waals surface area (Å²) in [6.45, 7) is 7.09. The Morgan fingerprint density at radius 3 is 3.07 bits per heavy atom. The summed E-state index contributed by atoms with van der Waals surface area (Å²) in [4.78, 5) is 0. The molecular weight excluding hydrogens is 186 g/mol. The van der Waals surface area contributed by atoms with E-state index in [1.165, 1.54) is 5.69 Å². The van der Waals surface area contributed by atoms with Crippen LogP contribution in [0.1, 0.15) is 26.0 Å². The molecule has 0 radical (unpaired) electrons. The number of nitrogens with one attached hydrogen (secondary N) is 1. The van der Waals surface area contributed by atoms with E-state index in [1.54, 1.807) is 0 Å². The minimum absolute atomic E-state index is 0.673. The summed E-state index contributed by atoms with van der Waals surface area (Å²) in [5.74, 6) is 3.30. The van der Waals surface area contributed by atoms with Gasteiger partial charge >= 0.3 is 0 Å². The van der Waals surface area contributed by atoms with Gasteiger partial charge in [-0.15, -0.1) is 12.3 Å². The Morgan fingerprint density at radius 2 is 2.40 bits per heavy atom. The molecule has 0 spiro atoms. The fourth-order valence-electron chi connectivity index (χ4n) is 1.37. The lowest BCUT2D eigenvalue weighted by atomic mass is 10.2. The Kier molecular flexibility index (Phi) is 4.92. The molecule has 1 rings (SSSR count). The maximum absolute atomic E-state index is 5.23. The monoisotopic (exact) mass is 205 g/mol. The first-order valence-corrected chi connectivity index (χ1v) is 5.39. The Balaban J connectivity index is 2.40. The van der Waals surface area contributed by atoms with Gasteiger partial charge in [-0.25, -0.2) is 0 Å². The van der Waals surface area contributed by atoms with Gasteiger partial charge in [0.2, 0.25) is 0 Å². The molecule has 0 aliphatic carbocycles. The molecule has 3 heteroatoms. The Hall–Kier alpha value is -1.27.